The highest BCUT2D eigenvalue weighted by Crippen LogP contribution is 2.31. The van der Waals surface area contributed by atoms with Crippen LogP contribution in [0.5, 0.6) is 5.75 Å². The van der Waals surface area contributed by atoms with E-state index in [1.54, 1.807) is 17.0 Å². The fourth-order valence-corrected chi connectivity index (χ4v) is 4.12. The maximum Gasteiger partial charge on any atom is 0.275 e. The zero-order chi connectivity index (χ0) is 21.2. The molecule has 31 heavy (non-hydrogen) atoms. The Hall–Kier alpha value is -3.86. The summed E-state index contributed by atoms with van der Waals surface area (Å²) in [5.74, 6) is 0.955. The molecular formula is C26H23N3O2. The van der Waals surface area contributed by atoms with Crippen molar-refractivity contribution in [3.63, 3.8) is 0 Å². The Balaban J connectivity index is 1.49. The lowest BCUT2D eigenvalue weighted by Crippen LogP contribution is -2.45. The maximum atomic E-state index is 13.3. The van der Waals surface area contributed by atoms with E-state index >= 15 is 0 Å². The first kappa shape index (κ1) is 19.1. The Kier molecular flexibility index (Phi) is 5.00. The molecule has 2 aliphatic heterocycles. The highest BCUT2D eigenvalue weighted by molar-refractivity contribution is 6.41. The van der Waals surface area contributed by atoms with E-state index in [1.807, 2.05) is 48.5 Å². The molecule has 0 atom stereocenters. The summed E-state index contributed by atoms with van der Waals surface area (Å²) in [5.41, 5.74) is 4.92. The largest absolute Gasteiger partial charge is 0.508 e. The number of para-hydroxylation sites is 1. The normalized spacial score (nSPS) is 15.9. The molecular weight excluding hydrogens is 386 g/mol. The van der Waals surface area contributed by atoms with Gasteiger partial charge in [-0.25, -0.2) is 4.99 Å². The number of carbonyl (C=O) groups is 1. The van der Waals surface area contributed by atoms with Gasteiger partial charge < -0.3 is 10.0 Å². The molecule has 0 saturated heterocycles. The van der Waals surface area contributed by atoms with E-state index in [0.717, 1.165) is 35.6 Å². The van der Waals surface area contributed by atoms with E-state index in [9.17, 15) is 9.90 Å². The van der Waals surface area contributed by atoms with Gasteiger partial charge in [0.2, 0.25) is 0 Å². The van der Waals surface area contributed by atoms with Gasteiger partial charge in [0.15, 0.2) is 0 Å². The number of carbonyl (C=O) groups excluding carboxylic acids is 1. The summed E-state index contributed by atoms with van der Waals surface area (Å²) in [6, 6.07) is 27.4. The first-order valence-electron chi connectivity index (χ1n) is 10.4. The summed E-state index contributed by atoms with van der Waals surface area (Å²) in [6.07, 6.45) is 1.20. The predicted molar refractivity (Wildman–Crippen MR) is 122 cm³/mol. The molecule has 0 aromatic heterocycles. The summed E-state index contributed by atoms with van der Waals surface area (Å²) in [5, 5.41) is 9.53. The Bertz CT molecular complexity index is 1150. The first-order valence-corrected chi connectivity index (χ1v) is 10.4. The number of nitrogens with zero attached hydrogens (tertiary/aromatic N) is 3. The minimum absolute atomic E-state index is 0.0470. The molecule has 0 spiro atoms. The maximum absolute atomic E-state index is 13.3. The summed E-state index contributed by atoms with van der Waals surface area (Å²) in [7, 11) is 0. The van der Waals surface area contributed by atoms with Crippen LogP contribution in [0.2, 0.25) is 0 Å². The number of aromatic hydroxyl groups is 1. The highest BCUT2D eigenvalue weighted by atomic mass is 16.3. The first-order chi connectivity index (χ1) is 15.2. The van der Waals surface area contributed by atoms with E-state index in [4.69, 9.17) is 4.99 Å². The van der Waals surface area contributed by atoms with Crippen molar-refractivity contribution < 1.29 is 9.90 Å². The van der Waals surface area contributed by atoms with Gasteiger partial charge in [0, 0.05) is 18.7 Å². The molecule has 1 N–H and O–H groups in total. The molecule has 5 rings (SSSR count). The standard InChI is InChI=1S/C26H23N3O2/c30-23-13-11-20(12-14-23)16-24-26(31)29-18-28(22-9-5-2-6-10-22)17-21(25(29)27-24)15-19-7-3-1-4-8-19/h1-14,30H,15-18H2. The molecule has 1 amide bonds. The van der Waals surface area contributed by atoms with Gasteiger partial charge >= 0.3 is 0 Å². The van der Waals surface area contributed by atoms with Gasteiger partial charge in [-0.1, -0.05) is 60.7 Å². The third-order valence-electron chi connectivity index (χ3n) is 5.69. The number of rotatable bonds is 5. The molecule has 154 valence electrons. The molecule has 0 bridgehead atoms. The van der Waals surface area contributed by atoms with Gasteiger partial charge in [-0.2, -0.15) is 0 Å². The van der Waals surface area contributed by atoms with Crippen molar-refractivity contribution in [1.82, 2.24) is 4.90 Å². The van der Waals surface area contributed by atoms with Crippen LogP contribution in [0.25, 0.3) is 0 Å². The van der Waals surface area contributed by atoms with Crippen molar-refractivity contribution in [2.75, 3.05) is 18.1 Å². The monoisotopic (exact) mass is 409 g/mol. The molecule has 2 heterocycles. The van der Waals surface area contributed by atoms with Crippen molar-refractivity contribution in [3.05, 3.63) is 107 Å². The van der Waals surface area contributed by atoms with Gasteiger partial charge in [-0.15, -0.1) is 0 Å². The predicted octanol–water partition coefficient (Wildman–Crippen LogP) is 4.15. The smallest absolute Gasteiger partial charge is 0.275 e. The zero-order valence-corrected chi connectivity index (χ0v) is 17.1. The minimum Gasteiger partial charge on any atom is -0.508 e. The SMILES string of the molecule is O=C1C(Cc2ccc(O)cc2)=NC2=C(Cc3ccccc3)CN(c3ccccc3)CN12. The van der Waals surface area contributed by atoms with Crippen LogP contribution in [0.4, 0.5) is 5.69 Å². The number of aliphatic imine (C=N–C) groups is 1. The molecule has 5 heteroatoms. The van der Waals surface area contributed by atoms with Crippen LogP contribution >= 0.6 is 0 Å². The Morgan fingerprint density at radius 1 is 0.806 bits per heavy atom. The van der Waals surface area contributed by atoms with Crippen molar-refractivity contribution in [3.8, 4) is 5.75 Å². The Labute approximate surface area is 181 Å². The summed E-state index contributed by atoms with van der Waals surface area (Å²) in [4.78, 5) is 22.1. The summed E-state index contributed by atoms with van der Waals surface area (Å²) < 4.78 is 0. The quantitative estimate of drug-likeness (QED) is 0.689. The van der Waals surface area contributed by atoms with Crippen molar-refractivity contribution in [2.24, 2.45) is 4.99 Å². The molecule has 0 fully saturated rings. The second-order valence-corrected chi connectivity index (χ2v) is 7.90. The van der Waals surface area contributed by atoms with Crippen molar-refractivity contribution in [2.45, 2.75) is 12.8 Å². The lowest BCUT2D eigenvalue weighted by Gasteiger charge is -2.36. The topological polar surface area (TPSA) is 56.1 Å². The average molecular weight is 409 g/mol. The summed E-state index contributed by atoms with van der Waals surface area (Å²) >= 11 is 0. The van der Waals surface area contributed by atoms with E-state index < -0.39 is 0 Å². The van der Waals surface area contributed by atoms with Gasteiger partial charge in [-0.05, 0) is 47.4 Å². The van der Waals surface area contributed by atoms with Crippen LogP contribution in [0.1, 0.15) is 11.1 Å². The number of hydrogen-bond acceptors (Lipinski definition) is 4. The number of anilines is 1. The second kappa shape index (κ2) is 8.11. The third-order valence-corrected chi connectivity index (χ3v) is 5.69. The number of hydrogen-bond donors (Lipinski definition) is 1. The fraction of sp³-hybridized carbons (Fsp3) is 0.154. The molecule has 0 radical (unpaired) electrons. The molecule has 3 aromatic carbocycles. The zero-order valence-electron chi connectivity index (χ0n) is 17.1. The molecule has 2 aliphatic rings. The number of phenolic OH excluding ortho intramolecular Hbond substituents is 1. The van der Waals surface area contributed by atoms with Crippen LogP contribution in [0.3, 0.4) is 0 Å². The number of amides is 1. The van der Waals surface area contributed by atoms with E-state index in [-0.39, 0.29) is 11.7 Å². The number of phenols is 1. The third kappa shape index (κ3) is 3.94. The molecule has 3 aromatic rings. The van der Waals surface area contributed by atoms with E-state index in [1.165, 1.54) is 5.56 Å². The van der Waals surface area contributed by atoms with Crippen LogP contribution in [-0.4, -0.2) is 34.8 Å². The Morgan fingerprint density at radius 3 is 2.16 bits per heavy atom. The molecule has 5 nitrogen and oxygen atoms in total. The van der Waals surface area contributed by atoms with Gasteiger partial charge in [0.1, 0.15) is 24.0 Å². The molecule has 0 unspecified atom stereocenters. The van der Waals surface area contributed by atoms with E-state index in [2.05, 4.69) is 29.2 Å². The number of fused-ring (bicyclic) bond motifs is 1. The highest BCUT2D eigenvalue weighted by Gasteiger charge is 2.36. The Morgan fingerprint density at radius 2 is 1.45 bits per heavy atom. The lowest BCUT2D eigenvalue weighted by molar-refractivity contribution is -0.121. The van der Waals surface area contributed by atoms with Gasteiger partial charge in [0.25, 0.3) is 5.91 Å². The van der Waals surface area contributed by atoms with Crippen LogP contribution < -0.4 is 4.90 Å². The van der Waals surface area contributed by atoms with Gasteiger partial charge in [-0.3, -0.25) is 9.69 Å². The lowest BCUT2D eigenvalue weighted by atomic mass is 10.0. The summed E-state index contributed by atoms with van der Waals surface area (Å²) in [6.45, 7) is 1.22. The van der Waals surface area contributed by atoms with Crippen molar-refractivity contribution in [1.29, 1.82) is 0 Å². The van der Waals surface area contributed by atoms with Crippen LogP contribution in [0, 0.1) is 0 Å². The minimum atomic E-state index is -0.0470. The molecule has 0 aliphatic carbocycles. The fourth-order valence-electron chi connectivity index (χ4n) is 4.12. The average Bonchev–Trinajstić information content (AvgIpc) is 3.12. The number of benzene rings is 3. The second-order valence-electron chi connectivity index (χ2n) is 7.90. The van der Waals surface area contributed by atoms with Gasteiger partial charge in [0.05, 0.1) is 0 Å². The van der Waals surface area contributed by atoms with Crippen LogP contribution in [0.15, 0.2) is 101 Å². The van der Waals surface area contributed by atoms with Crippen molar-refractivity contribution >= 4 is 17.3 Å². The van der Waals surface area contributed by atoms with Crippen LogP contribution in [-0.2, 0) is 17.6 Å². The molecule has 0 saturated carbocycles. The van der Waals surface area contributed by atoms with E-state index in [0.29, 0.717) is 18.8 Å².